The molecule has 1 heterocycles. The second-order valence-electron chi connectivity index (χ2n) is 9.12. The number of unbranched alkanes of at least 4 members (excludes halogenated alkanes) is 1. The van der Waals surface area contributed by atoms with Crippen molar-refractivity contribution in [1.82, 2.24) is 25.5 Å². The first-order valence-electron chi connectivity index (χ1n) is 12.5. The number of benzene rings is 3. The van der Waals surface area contributed by atoms with Crippen molar-refractivity contribution in [3.63, 3.8) is 0 Å². The number of carbonyl (C=O) groups is 1. The van der Waals surface area contributed by atoms with Gasteiger partial charge in [-0.2, -0.15) is 0 Å². The SMILES string of the molecule is CCCCn1nnnc1C(NC(CC(=O)O)c1cccc(C)c1)C(c1ccccc1)c1ccccc1. The highest BCUT2D eigenvalue weighted by Gasteiger charge is 2.33. The molecule has 0 amide bonds. The zero-order valence-corrected chi connectivity index (χ0v) is 20.8. The first-order chi connectivity index (χ1) is 17.6. The van der Waals surface area contributed by atoms with E-state index in [1.54, 1.807) is 0 Å². The van der Waals surface area contributed by atoms with E-state index in [0.717, 1.165) is 35.1 Å². The van der Waals surface area contributed by atoms with E-state index < -0.39 is 12.0 Å². The van der Waals surface area contributed by atoms with Crippen molar-refractivity contribution >= 4 is 5.97 Å². The molecule has 0 radical (unpaired) electrons. The Balaban J connectivity index is 1.86. The molecule has 7 heteroatoms. The number of aliphatic carboxylic acids is 1. The van der Waals surface area contributed by atoms with E-state index in [1.807, 2.05) is 72.3 Å². The third kappa shape index (κ3) is 6.23. The number of carboxylic acids is 1. The summed E-state index contributed by atoms with van der Waals surface area (Å²) in [4.78, 5) is 12.0. The fourth-order valence-corrected chi connectivity index (χ4v) is 4.67. The molecule has 7 nitrogen and oxygen atoms in total. The molecule has 2 atom stereocenters. The molecular formula is C29H33N5O2. The molecule has 2 N–H and O–H groups in total. The number of aryl methyl sites for hydroxylation is 2. The Morgan fingerprint density at radius 2 is 1.58 bits per heavy atom. The summed E-state index contributed by atoms with van der Waals surface area (Å²) in [6.45, 7) is 4.85. The van der Waals surface area contributed by atoms with Gasteiger partial charge in [0.25, 0.3) is 0 Å². The molecule has 0 saturated heterocycles. The lowest BCUT2D eigenvalue weighted by Crippen LogP contribution is -2.35. The molecule has 4 aromatic rings. The molecule has 2 unspecified atom stereocenters. The summed E-state index contributed by atoms with van der Waals surface area (Å²) in [5.41, 5.74) is 4.21. The predicted octanol–water partition coefficient (Wildman–Crippen LogP) is 5.46. The normalized spacial score (nSPS) is 13.0. The molecule has 0 aliphatic carbocycles. The summed E-state index contributed by atoms with van der Waals surface area (Å²) >= 11 is 0. The van der Waals surface area contributed by atoms with Crippen molar-refractivity contribution in [1.29, 1.82) is 0 Å². The number of nitrogens with one attached hydrogen (secondary N) is 1. The largest absolute Gasteiger partial charge is 0.481 e. The second kappa shape index (κ2) is 12.2. The monoisotopic (exact) mass is 483 g/mol. The number of aromatic nitrogens is 4. The van der Waals surface area contributed by atoms with Gasteiger partial charge in [-0.25, -0.2) is 4.68 Å². The Morgan fingerprint density at radius 3 is 2.17 bits per heavy atom. The van der Waals surface area contributed by atoms with Crippen LogP contribution in [0.25, 0.3) is 0 Å². The summed E-state index contributed by atoms with van der Waals surface area (Å²) in [6, 6.07) is 27.7. The number of tetrazole rings is 1. The van der Waals surface area contributed by atoms with Crippen LogP contribution in [0.5, 0.6) is 0 Å². The van der Waals surface area contributed by atoms with Crippen LogP contribution in [0.1, 0.15) is 72.3 Å². The second-order valence-corrected chi connectivity index (χ2v) is 9.12. The van der Waals surface area contributed by atoms with Crippen molar-refractivity contribution in [3.8, 4) is 0 Å². The van der Waals surface area contributed by atoms with E-state index in [1.165, 1.54) is 0 Å². The van der Waals surface area contributed by atoms with E-state index in [0.29, 0.717) is 12.4 Å². The molecule has 4 rings (SSSR count). The zero-order chi connectivity index (χ0) is 25.3. The molecular weight excluding hydrogens is 450 g/mol. The van der Waals surface area contributed by atoms with Gasteiger partial charge in [0.05, 0.1) is 12.5 Å². The van der Waals surface area contributed by atoms with Gasteiger partial charge < -0.3 is 5.11 Å². The quantitative estimate of drug-likeness (QED) is 0.278. The molecule has 3 aromatic carbocycles. The number of hydrogen-bond donors (Lipinski definition) is 2. The van der Waals surface area contributed by atoms with Crippen LogP contribution < -0.4 is 5.32 Å². The number of nitrogens with zero attached hydrogens (tertiary/aromatic N) is 4. The van der Waals surface area contributed by atoms with E-state index in [4.69, 9.17) is 0 Å². The molecule has 0 aliphatic rings. The lowest BCUT2D eigenvalue weighted by atomic mass is 9.83. The average molecular weight is 484 g/mol. The zero-order valence-electron chi connectivity index (χ0n) is 20.8. The topological polar surface area (TPSA) is 92.9 Å². The minimum absolute atomic E-state index is 0.0627. The molecule has 0 saturated carbocycles. The first kappa shape index (κ1) is 25.3. The van der Waals surface area contributed by atoms with Gasteiger partial charge in [-0.05, 0) is 40.5 Å². The summed E-state index contributed by atoms with van der Waals surface area (Å²) in [7, 11) is 0. The van der Waals surface area contributed by atoms with Gasteiger partial charge in [0.1, 0.15) is 0 Å². The fourth-order valence-electron chi connectivity index (χ4n) is 4.67. The van der Waals surface area contributed by atoms with Gasteiger partial charge in [0, 0.05) is 18.5 Å². The van der Waals surface area contributed by atoms with E-state index in [-0.39, 0.29) is 18.4 Å². The summed E-state index contributed by atoms with van der Waals surface area (Å²) in [6.07, 6.45) is 1.90. The van der Waals surface area contributed by atoms with Crippen molar-refractivity contribution in [3.05, 3.63) is 113 Å². The minimum Gasteiger partial charge on any atom is -0.481 e. The van der Waals surface area contributed by atoms with Crippen LogP contribution in [0.3, 0.4) is 0 Å². The van der Waals surface area contributed by atoms with Crippen LogP contribution in [0.4, 0.5) is 0 Å². The van der Waals surface area contributed by atoms with Gasteiger partial charge in [0.15, 0.2) is 5.82 Å². The van der Waals surface area contributed by atoms with E-state index in [9.17, 15) is 9.90 Å². The van der Waals surface area contributed by atoms with Gasteiger partial charge >= 0.3 is 5.97 Å². The van der Waals surface area contributed by atoms with Gasteiger partial charge in [-0.3, -0.25) is 10.1 Å². The smallest absolute Gasteiger partial charge is 0.305 e. The van der Waals surface area contributed by atoms with Crippen molar-refractivity contribution in [2.45, 2.75) is 57.7 Å². The highest BCUT2D eigenvalue weighted by molar-refractivity contribution is 5.68. The fraction of sp³-hybridized carbons (Fsp3) is 0.310. The maximum absolute atomic E-state index is 12.0. The van der Waals surface area contributed by atoms with Crippen LogP contribution in [-0.2, 0) is 11.3 Å². The summed E-state index contributed by atoms with van der Waals surface area (Å²) < 4.78 is 1.86. The Morgan fingerprint density at radius 1 is 0.944 bits per heavy atom. The number of rotatable bonds is 12. The van der Waals surface area contributed by atoms with E-state index in [2.05, 4.69) is 52.0 Å². The summed E-state index contributed by atoms with van der Waals surface area (Å²) in [5.74, 6) is -0.307. The van der Waals surface area contributed by atoms with Crippen molar-refractivity contribution in [2.24, 2.45) is 0 Å². The number of hydrogen-bond acceptors (Lipinski definition) is 5. The Bertz CT molecular complexity index is 1200. The van der Waals surface area contributed by atoms with Crippen LogP contribution in [0, 0.1) is 6.92 Å². The summed E-state index contributed by atoms with van der Waals surface area (Å²) in [5, 5.41) is 26.3. The van der Waals surface area contributed by atoms with E-state index >= 15 is 0 Å². The molecule has 0 spiro atoms. The van der Waals surface area contributed by atoms with Gasteiger partial charge in [-0.1, -0.05) is 104 Å². The van der Waals surface area contributed by atoms with Gasteiger partial charge in [0.2, 0.25) is 0 Å². The van der Waals surface area contributed by atoms with Crippen molar-refractivity contribution in [2.75, 3.05) is 0 Å². The minimum atomic E-state index is -0.866. The Hall–Kier alpha value is -3.84. The third-order valence-electron chi connectivity index (χ3n) is 6.42. The first-order valence-corrected chi connectivity index (χ1v) is 12.5. The standard InChI is InChI=1S/C29H33N5O2/c1-3-4-18-34-29(31-32-33-34)28(30-25(20-26(35)36)24-17-11-12-21(2)19-24)27(22-13-7-5-8-14-22)23-15-9-6-10-16-23/h5-17,19,25,27-28,30H,3-4,18,20H2,1-2H3,(H,35,36). The molecule has 186 valence electrons. The molecule has 0 aliphatic heterocycles. The Labute approximate surface area is 212 Å². The van der Waals surface area contributed by atoms with Crippen LogP contribution in [-0.4, -0.2) is 31.3 Å². The molecule has 36 heavy (non-hydrogen) atoms. The van der Waals surface area contributed by atoms with Crippen LogP contribution in [0.2, 0.25) is 0 Å². The molecule has 1 aromatic heterocycles. The highest BCUT2D eigenvalue weighted by Crippen LogP contribution is 2.38. The maximum atomic E-state index is 12.0. The van der Waals surface area contributed by atoms with Crippen molar-refractivity contribution < 1.29 is 9.90 Å². The average Bonchev–Trinajstić information content (AvgIpc) is 3.36. The molecule has 0 fully saturated rings. The van der Waals surface area contributed by atoms with Gasteiger partial charge in [-0.15, -0.1) is 5.10 Å². The number of carboxylic acid groups (broad SMARTS) is 1. The van der Waals surface area contributed by atoms with Crippen LogP contribution in [0.15, 0.2) is 84.9 Å². The van der Waals surface area contributed by atoms with Crippen LogP contribution >= 0.6 is 0 Å². The lowest BCUT2D eigenvalue weighted by Gasteiger charge is -2.32. The highest BCUT2D eigenvalue weighted by atomic mass is 16.4. The maximum Gasteiger partial charge on any atom is 0.305 e. The third-order valence-corrected chi connectivity index (χ3v) is 6.42. The predicted molar refractivity (Wildman–Crippen MR) is 140 cm³/mol. The lowest BCUT2D eigenvalue weighted by molar-refractivity contribution is -0.137. The Kier molecular flexibility index (Phi) is 8.57. The molecule has 0 bridgehead atoms.